The molecule has 0 aliphatic heterocycles. The molecule has 0 fully saturated rings. The van der Waals surface area contributed by atoms with Gasteiger partial charge in [0.15, 0.2) is 0 Å². The maximum atomic E-state index is 12.4. The Kier molecular flexibility index (Phi) is 6.95. The highest BCUT2D eigenvalue weighted by atomic mass is 32.2. The number of sulfonamides is 1. The molecule has 2 rings (SSSR count). The molecule has 2 aromatic rings. The lowest BCUT2D eigenvalue weighted by molar-refractivity contribution is -0.138. The molecule has 0 radical (unpaired) electrons. The van der Waals surface area contributed by atoms with Gasteiger partial charge in [-0.15, -0.1) is 0 Å². The van der Waals surface area contributed by atoms with Crippen LogP contribution in [0.25, 0.3) is 0 Å². The van der Waals surface area contributed by atoms with Crippen LogP contribution < -0.4 is 10.0 Å². The molecule has 0 bridgehead atoms. The minimum absolute atomic E-state index is 0.0131. The van der Waals surface area contributed by atoms with Crippen LogP contribution in [0.1, 0.15) is 35.2 Å². The molecule has 0 spiro atoms. The minimum Gasteiger partial charge on any atom is -0.481 e. The van der Waals surface area contributed by atoms with Crippen molar-refractivity contribution in [2.45, 2.75) is 19.3 Å². The van der Waals surface area contributed by atoms with Crippen molar-refractivity contribution in [3.63, 3.8) is 0 Å². The fraction of sp³-hybridized carbons (Fsp3) is 0.263. The van der Waals surface area contributed by atoms with Gasteiger partial charge in [-0.2, -0.15) is 0 Å². The van der Waals surface area contributed by atoms with E-state index in [2.05, 4.69) is 10.0 Å². The molecule has 0 heterocycles. The standard InChI is InChI=1S/C19H22N2O5S/c1-2-11-27(25,26)21-16-10-6-9-15(12-16)18(22)20-13-17(19(23)24)14-7-4-3-5-8-14/h3-10,12,17,21H,2,11,13H2,1H3,(H,20,22)(H,23,24). The second-order valence-corrected chi connectivity index (χ2v) is 7.86. The van der Waals surface area contributed by atoms with Gasteiger partial charge in [0, 0.05) is 17.8 Å². The Bertz CT molecular complexity index is 897. The summed E-state index contributed by atoms with van der Waals surface area (Å²) in [4.78, 5) is 23.9. The number of benzene rings is 2. The summed E-state index contributed by atoms with van der Waals surface area (Å²) in [6, 6.07) is 14.7. The van der Waals surface area contributed by atoms with Gasteiger partial charge in [0.1, 0.15) is 0 Å². The molecule has 1 unspecified atom stereocenters. The van der Waals surface area contributed by atoms with E-state index in [1.54, 1.807) is 49.4 Å². The number of carbonyl (C=O) groups excluding carboxylic acids is 1. The molecule has 0 saturated carbocycles. The highest BCUT2D eigenvalue weighted by molar-refractivity contribution is 7.92. The maximum Gasteiger partial charge on any atom is 0.312 e. The summed E-state index contributed by atoms with van der Waals surface area (Å²) in [5.74, 6) is -2.40. The zero-order chi connectivity index (χ0) is 19.9. The van der Waals surface area contributed by atoms with Crippen LogP contribution in [0, 0.1) is 0 Å². The number of rotatable bonds is 9. The van der Waals surface area contributed by atoms with Crippen molar-refractivity contribution in [2.75, 3.05) is 17.0 Å². The van der Waals surface area contributed by atoms with Crippen molar-refractivity contribution in [3.05, 3.63) is 65.7 Å². The van der Waals surface area contributed by atoms with Gasteiger partial charge in [0.25, 0.3) is 5.91 Å². The minimum atomic E-state index is -3.46. The fourth-order valence-corrected chi connectivity index (χ4v) is 3.68. The van der Waals surface area contributed by atoms with Crippen LogP contribution in [0.5, 0.6) is 0 Å². The first kappa shape index (κ1) is 20.4. The predicted octanol–water partition coefficient (Wildman–Crippen LogP) is 2.44. The van der Waals surface area contributed by atoms with Crippen LogP contribution in [-0.2, 0) is 14.8 Å². The molecule has 0 aromatic heterocycles. The maximum absolute atomic E-state index is 12.4. The number of anilines is 1. The number of carboxylic acid groups (broad SMARTS) is 1. The molecule has 0 aliphatic rings. The highest BCUT2D eigenvalue weighted by Gasteiger charge is 2.21. The van der Waals surface area contributed by atoms with E-state index in [4.69, 9.17) is 0 Å². The molecule has 2 aromatic carbocycles. The van der Waals surface area contributed by atoms with Crippen LogP contribution in [0.2, 0.25) is 0 Å². The van der Waals surface area contributed by atoms with Crippen molar-refractivity contribution in [1.82, 2.24) is 5.32 Å². The van der Waals surface area contributed by atoms with Gasteiger partial charge < -0.3 is 10.4 Å². The Labute approximate surface area is 158 Å². The fourth-order valence-electron chi connectivity index (χ4n) is 2.55. The normalized spacial score (nSPS) is 12.2. The second kappa shape index (κ2) is 9.18. The highest BCUT2D eigenvalue weighted by Crippen LogP contribution is 2.16. The van der Waals surface area contributed by atoms with Gasteiger partial charge >= 0.3 is 5.97 Å². The van der Waals surface area contributed by atoms with E-state index in [-0.39, 0.29) is 23.5 Å². The molecule has 1 atom stereocenters. The first-order valence-corrected chi connectivity index (χ1v) is 10.1. The van der Waals surface area contributed by atoms with Gasteiger partial charge in [-0.05, 0) is 30.2 Å². The predicted molar refractivity (Wildman–Crippen MR) is 103 cm³/mol. The average molecular weight is 390 g/mol. The van der Waals surface area contributed by atoms with E-state index in [1.807, 2.05) is 0 Å². The molecule has 7 nitrogen and oxygen atoms in total. The van der Waals surface area contributed by atoms with Crippen molar-refractivity contribution in [1.29, 1.82) is 0 Å². The Morgan fingerprint density at radius 2 is 1.78 bits per heavy atom. The third kappa shape index (κ3) is 6.10. The second-order valence-electron chi connectivity index (χ2n) is 6.01. The first-order valence-electron chi connectivity index (χ1n) is 8.49. The van der Waals surface area contributed by atoms with Crippen molar-refractivity contribution in [3.8, 4) is 0 Å². The quantitative estimate of drug-likeness (QED) is 0.609. The summed E-state index contributed by atoms with van der Waals surface area (Å²) in [5.41, 5.74) is 1.12. The Hall–Kier alpha value is -2.87. The van der Waals surface area contributed by atoms with Crippen molar-refractivity contribution in [2.24, 2.45) is 0 Å². The molecular weight excluding hydrogens is 368 g/mol. The largest absolute Gasteiger partial charge is 0.481 e. The average Bonchev–Trinajstić information content (AvgIpc) is 2.62. The van der Waals surface area contributed by atoms with Crippen LogP contribution in [0.15, 0.2) is 54.6 Å². The smallest absolute Gasteiger partial charge is 0.312 e. The van der Waals surface area contributed by atoms with Gasteiger partial charge in [-0.3, -0.25) is 14.3 Å². The van der Waals surface area contributed by atoms with Gasteiger partial charge in [-0.25, -0.2) is 8.42 Å². The SMILES string of the molecule is CCCS(=O)(=O)Nc1cccc(C(=O)NCC(C(=O)O)c2ccccc2)c1. The van der Waals surface area contributed by atoms with Gasteiger partial charge in [0.05, 0.1) is 11.7 Å². The van der Waals surface area contributed by atoms with Crippen molar-refractivity contribution >= 4 is 27.6 Å². The first-order chi connectivity index (χ1) is 12.8. The molecule has 3 N–H and O–H groups in total. The number of carboxylic acids is 1. The summed E-state index contributed by atoms with van der Waals surface area (Å²) < 4.78 is 26.1. The summed E-state index contributed by atoms with van der Waals surface area (Å²) in [6.45, 7) is 1.68. The molecule has 144 valence electrons. The molecule has 27 heavy (non-hydrogen) atoms. The Morgan fingerprint density at radius 3 is 2.41 bits per heavy atom. The van der Waals surface area contributed by atoms with Crippen LogP contribution >= 0.6 is 0 Å². The van der Waals surface area contributed by atoms with E-state index in [1.165, 1.54) is 12.1 Å². The molecular formula is C19H22N2O5S. The number of amides is 1. The van der Waals surface area contributed by atoms with Crippen molar-refractivity contribution < 1.29 is 23.1 Å². The molecule has 0 saturated heterocycles. The molecule has 1 amide bonds. The van der Waals surface area contributed by atoms with Crippen LogP contribution in [-0.4, -0.2) is 37.7 Å². The van der Waals surface area contributed by atoms with E-state index in [9.17, 15) is 23.1 Å². The van der Waals surface area contributed by atoms with E-state index < -0.39 is 27.8 Å². The van der Waals surface area contributed by atoms with Gasteiger partial charge in [0.2, 0.25) is 10.0 Å². The number of hydrogen-bond acceptors (Lipinski definition) is 4. The van der Waals surface area contributed by atoms with Gasteiger partial charge in [-0.1, -0.05) is 43.3 Å². The molecule has 0 aliphatic carbocycles. The van der Waals surface area contributed by atoms with E-state index >= 15 is 0 Å². The molecule has 8 heteroatoms. The zero-order valence-electron chi connectivity index (χ0n) is 14.9. The topological polar surface area (TPSA) is 113 Å². The lowest BCUT2D eigenvalue weighted by Gasteiger charge is -2.14. The third-order valence-corrected chi connectivity index (χ3v) is 5.33. The zero-order valence-corrected chi connectivity index (χ0v) is 15.7. The number of carbonyl (C=O) groups is 2. The summed E-state index contributed by atoms with van der Waals surface area (Å²) in [5, 5.41) is 12.0. The third-order valence-electron chi connectivity index (χ3n) is 3.84. The Balaban J connectivity index is 2.07. The lowest BCUT2D eigenvalue weighted by atomic mass is 9.99. The number of hydrogen-bond donors (Lipinski definition) is 3. The monoisotopic (exact) mass is 390 g/mol. The van der Waals surface area contributed by atoms with Crippen LogP contribution in [0.3, 0.4) is 0 Å². The van der Waals surface area contributed by atoms with Crippen LogP contribution in [0.4, 0.5) is 5.69 Å². The summed E-state index contributed by atoms with van der Waals surface area (Å²) in [6.07, 6.45) is 0.478. The van der Waals surface area contributed by atoms with E-state index in [0.717, 1.165) is 0 Å². The summed E-state index contributed by atoms with van der Waals surface area (Å²) in [7, 11) is -3.46. The van der Waals surface area contributed by atoms with E-state index in [0.29, 0.717) is 12.0 Å². The lowest BCUT2D eigenvalue weighted by Crippen LogP contribution is -2.31. The number of nitrogens with one attached hydrogen (secondary N) is 2. The number of aliphatic carboxylic acids is 1. The summed E-state index contributed by atoms with van der Waals surface area (Å²) >= 11 is 0. The Morgan fingerprint density at radius 1 is 1.07 bits per heavy atom.